The van der Waals surface area contributed by atoms with E-state index in [4.69, 9.17) is 4.74 Å². The first kappa shape index (κ1) is 10.4. The summed E-state index contributed by atoms with van der Waals surface area (Å²) in [5.41, 5.74) is 0. The van der Waals surface area contributed by atoms with Crippen molar-refractivity contribution in [1.29, 1.82) is 0 Å². The van der Waals surface area contributed by atoms with E-state index in [0.717, 1.165) is 26.1 Å². The van der Waals surface area contributed by atoms with E-state index in [-0.39, 0.29) is 6.10 Å². The molecule has 0 amide bonds. The molecular weight excluding hydrogens is 178 g/mol. The van der Waals surface area contributed by atoms with Gasteiger partial charge in [0.1, 0.15) is 0 Å². The zero-order valence-corrected chi connectivity index (χ0v) is 8.98. The molecule has 1 aliphatic carbocycles. The fourth-order valence-corrected chi connectivity index (χ4v) is 2.64. The summed E-state index contributed by atoms with van der Waals surface area (Å²) < 4.78 is 5.73. The highest BCUT2D eigenvalue weighted by atomic mass is 16.5. The lowest BCUT2D eigenvalue weighted by atomic mass is 10.1. The largest absolute Gasteiger partial charge is 0.393 e. The molecule has 0 spiro atoms. The monoisotopic (exact) mass is 199 g/mol. The van der Waals surface area contributed by atoms with Gasteiger partial charge in [-0.2, -0.15) is 0 Å². The van der Waals surface area contributed by atoms with Crippen molar-refractivity contribution >= 4 is 0 Å². The van der Waals surface area contributed by atoms with E-state index in [0.29, 0.717) is 12.1 Å². The zero-order chi connectivity index (χ0) is 9.97. The molecule has 0 aromatic rings. The number of hydrogen-bond donors (Lipinski definition) is 1. The van der Waals surface area contributed by atoms with Gasteiger partial charge in [0.25, 0.3) is 0 Å². The standard InChI is InChI=1S/C11H21NO2/c1-9(13)5-6-12-7-8-14-11-4-2-3-10(11)12/h9-11,13H,2-8H2,1H3. The van der Waals surface area contributed by atoms with Gasteiger partial charge >= 0.3 is 0 Å². The number of fused-ring (bicyclic) bond motifs is 1. The lowest BCUT2D eigenvalue weighted by molar-refractivity contribution is -0.0582. The van der Waals surface area contributed by atoms with Crippen LogP contribution in [-0.4, -0.2) is 48.0 Å². The van der Waals surface area contributed by atoms with E-state index in [1.165, 1.54) is 19.3 Å². The Hall–Kier alpha value is -0.120. The predicted molar refractivity (Wildman–Crippen MR) is 55.2 cm³/mol. The first-order valence-electron chi connectivity index (χ1n) is 5.81. The van der Waals surface area contributed by atoms with Gasteiger partial charge in [-0.15, -0.1) is 0 Å². The Morgan fingerprint density at radius 1 is 1.50 bits per heavy atom. The van der Waals surface area contributed by atoms with Crippen molar-refractivity contribution in [2.24, 2.45) is 0 Å². The molecule has 2 aliphatic rings. The molecular formula is C11H21NO2. The average molecular weight is 199 g/mol. The Bertz CT molecular complexity index is 184. The van der Waals surface area contributed by atoms with E-state index in [2.05, 4.69) is 4.90 Å². The van der Waals surface area contributed by atoms with E-state index in [9.17, 15) is 5.11 Å². The van der Waals surface area contributed by atoms with E-state index >= 15 is 0 Å². The van der Waals surface area contributed by atoms with Gasteiger partial charge in [0.05, 0.1) is 18.8 Å². The molecule has 1 heterocycles. The molecule has 3 atom stereocenters. The third-order valence-electron chi connectivity index (χ3n) is 3.43. The molecule has 3 unspecified atom stereocenters. The van der Waals surface area contributed by atoms with E-state index < -0.39 is 0 Å². The number of rotatable bonds is 3. The number of morpholine rings is 1. The fourth-order valence-electron chi connectivity index (χ4n) is 2.64. The molecule has 14 heavy (non-hydrogen) atoms. The van der Waals surface area contributed by atoms with Crippen molar-refractivity contribution in [2.75, 3.05) is 19.7 Å². The van der Waals surface area contributed by atoms with Crippen LogP contribution in [0.3, 0.4) is 0 Å². The van der Waals surface area contributed by atoms with Gasteiger partial charge in [0.15, 0.2) is 0 Å². The molecule has 3 nitrogen and oxygen atoms in total. The second kappa shape index (κ2) is 4.60. The quantitative estimate of drug-likeness (QED) is 0.736. The molecule has 0 aromatic carbocycles. The normalized spacial score (nSPS) is 35.6. The zero-order valence-electron chi connectivity index (χ0n) is 8.98. The highest BCUT2D eigenvalue weighted by Crippen LogP contribution is 2.29. The third kappa shape index (κ3) is 2.27. The van der Waals surface area contributed by atoms with Gasteiger partial charge in [-0.1, -0.05) is 0 Å². The van der Waals surface area contributed by atoms with Gasteiger partial charge in [-0.05, 0) is 32.6 Å². The smallest absolute Gasteiger partial charge is 0.0730 e. The van der Waals surface area contributed by atoms with Crippen LogP contribution in [-0.2, 0) is 4.74 Å². The average Bonchev–Trinajstić information content (AvgIpc) is 2.62. The summed E-state index contributed by atoms with van der Waals surface area (Å²) >= 11 is 0. The first-order chi connectivity index (χ1) is 6.77. The highest BCUT2D eigenvalue weighted by Gasteiger charge is 2.35. The van der Waals surface area contributed by atoms with Gasteiger partial charge in [-0.3, -0.25) is 4.90 Å². The highest BCUT2D eigenvalue weighted by molar-refractivity contribution is 4.89. The number of aliphatic hydroxyl groups is 1. The van der Waals surface area contributed by atoms with Crippen LogP contribution in [0, 0.1) is 0 Å². The molecule has 0 bridgehead atoms. The van der Waals surface area contributed by atoms with Crippen LogP contribution in [0.1, 0.15) is 32.6 Å². The molecule has 1 saturated carbocycles. The SMILES string of the molecule is CC(O)CCN1CCOC2CCCC21. The second-order valence-corrected chi connectivity index (χ2v) is 4.58. The second-order valence-electron chi connectivity index (χ2n) is 4.58. The van der Waals surface area contributed by atoms with Crippen LogP contribution in [0.2, 0.25) is 0 Å². The number of hydrogen-bond acceptors (Lipinski definition) is 3. The molecule has 0 aromatic heterocycles. The molecule has 1 N–H and O–H groups in total. The number of aliphatic hydroxyl groups excluding tert-OH is 1. The van der Waals surface area contributed by atoms with Crippen molar-refractivity contribution in [3.05, 3.63) is 0 Å². The summed E-state index contributed by atoms with van der Waals surface area (Å²) in [5, 5.41) is 9.27. The molecule has 82 valence electrons. The Morgan fingerprint density at radius 3 is 3.14 bits per heavy atom. The molecule has 3 heteroatoms. The third-order valence-corrected chi connectivity index (χ3v) is 3.43. The Kier molecular flexibility index (Phi) is 3.42. The van der Waals surface area contributed by atoms with Gasteiger partial charge in [-0.25, -0.2) is 0 Å². The van der Waals surface area contributed by atoms with Crippen LogP contribution in [0.5, 0.6) is 0 Å². The van der Waals surface area contributed by atoms with Gasteiger partial charge in [0, 0.05) is 19.1 Å². The van der Waals surface area contributed by atoms with Gasteiger partial charge < -0.3 is 9.84 Å². The van der Waals surface area contributed by atoms with Crippen LogP contribution in [0.25, 0.3) is 0 Å². The molecule has 1 aliphatic heterocycles. The fraction of sp³-hybridized carbons (Fsp3) is 1.00. The van der Waals surface area contributed by atoms with E-state index in [1.54, 1.807) is 0 Å². The topological polar surface area (TPSA) is 32.7 Å². The number of ether oxygens (including phenoxy) is 1. The van der Waals surface area contributed by atoms with Crippen LogP contribution in [0.15, 0.2) is 0 Å². The summed E-state index contributed by atoms with van der Waals surface area (Å²) in [6.45, 7) is 4.82. The molecule has 1 saturated heterocycles. The van der Waals surface area contributed by atoms with Crippen molar-refractivity contribution < 1.29 is 9.84 Å². The van der Waals surface area contributed by atoms with Crippen molar-refractivity contribution in [1.82, 2.24) is 4.90 Å². The van der Waals surface area contributed by atoms with Crippen LogP contribution < -0.4 is 0 Å². The van der Waals surface area contributed by atoms with Crippen molar-refractivity contribution in [2.45, 2.75) is 50.9 Å². The van der Waals surface area contributed by atoms with Crippen LogP contribution in [0.4, 0.5) is 0 Å². The minimum atomic E-state index is -0.169. The van der Waals surface area contributed by atoms with Crippen molar-refractivity contribution in [3.63, 3.8) is 0 Å². The molecule has 2 fully saturated rings. The Morgan fingerprint density at radius 2 is 2.36 bits per heavy atom. The predicted octanol–water partition coefficient (Wildman–Crippen LogP) is 1.01. The molecule has 2 rings (SSSR count). The minimum absolute atomic E-state index is 0.169. The summed E-state index contributed by atoms with van der Waals surface area (Å²) in [5.74, 6) is 0. The summed E-state index contributed by atoms with van der Waals surface area (Å²) in [4.78, 5) is 2.51. The number of nitrogens with zero attached hydrogens (tertiary/aromatic N) is 1. The van der Waals surface area contributed by atoms with Crippen LogP contribution >= 0.6 is 0 Å². The van der Waals surface area contributed by atoms with E-state index in [1.807, 2.05) is 6.92 Å². The summed E-state index contributed by atoms with van der Waals surface area (Å²) in [6, 6.07) is 0.641. The lowest BCUT2D eigenvalue weighted by Gasteiger charge is -2.37. The Balaban J connectivity index is 1.84. The van der Waals surface area contributed by atoms with Gasteiger partial charge in [0.2, 0.25) is 0 Å². The Labute approximate surface area is 86.0 Å². The summed E-state index contributed by atoms with van der Waals surface area (Å²) in [6.07, 6.45) is 5.03. The lowest BCUT2D eigenvalue weighted by Crippen LogP contribution is -2.49. The maximum absolute atomic E-state index is 9.27. The summed E-state index contributed by atoms with van der Waals surface area (Å²) in [7, 11) is 0. The maximum Gasteiger partial charge on any atom is 0.0730 e. The first-order valence-corrected chi connectivity index (χ1v) is 5.81. The molecule has 0 radical (unpaired) electrons. The van der Waals surface area contributed by atoms with Crippen molar-refractivity contribution in [3.8, 4) is 0 Å². The maximum atomic E-state index is 9.27. The minimum Gasteiger partial charge on any atom is -0.393 e.